The van der Waals surface area contributed by atoms with Crippen LogP contribution >= 0.6 is 11.6 Å². The number of fused-ring (bicyclic) bond motifs is 1. The highest BCUT2D eigenvalue weighted by Gasteiger charge is 2.23. The smallest absolute Gasteiger partial charge is 0.183 e. The Bertz CT molecular complexity index is 908. The van der Waals surface area contributed by atoms with E-state index < -0.39 is 0 Å². The summed E-state index contributed by atoms with van der Waals surface area (Å²) in [6.45, 7) is 0. The number of hydrogen-bond acceptors (Lipinski definition) is 4. The molecule has 0 saturated heterocycles. The minimum atomic E-state index is 0.266. The van der Waals surface area contributed by atoms with E-state index in [0.29, 0.717) is 22.5 Å². The summed E-state index contributed by atoms with van der Waals surface area (Å²) in [5.41, 5.74) is 2.07. The van der Waals surface area contributed by atoms with Crippen molar-refractivity contribution in [2.75, 3.05) is 0 Å². The van der Waals surface area contributed by atoms with E-state index >= 15 is 0 Å². The molecule has 0 amide bonds. The van der Waals surface area contributed by atoms with Gasteiger partial charge in [0.25, 0.3) is 0 Å². The minimum absolute atomic E-state index is 0.266. The van der Waals surface area contributed by atoms with Crippen molar-refractivity contribution >= 4 is 17.2 Å². The number of benzene rings is 1. The minimum Gasteiger partial charge on any atom is -0.452 e. The number of hydrogen-bond donors (Lipinski definition) is 0. The maximum atomic E-state index is 8.89. The van der Waals surface area contributed by atoms with Crippen LogP contribution in [0.15, 0.2) is 36.5 Å². The lowest BCUT2D eigenvalue weighted by molar-refractivity contribution is 0.475. The maximum Gasteiger partial charge on any atom is 0.183 e. The second kappa shape index (κ2) is 5.00. The number of halogens is 1. The van der Waals surface area contributed by atoms with Crippen molar-refractivity contribution < 1.29 is 4.74 Å². The predicted octanol–water partition coefficient (Wildman–Crippen LogP) is 3.92. The monoisotopic (exact) mass is 310 g/mol. The first-order valence-corrected chi connectivity index (χ1v) is 7.34. The van der Waals surface area contributed by atoms with Gasteiger partial charge in [0.1, 0.15) is 11.8 Å². The summed E-state index contributed by atoms with van der Waals surface area (Å²) in [6.07, 6.45) is 4.02. The summed E-state index contributed by atoms with van der Waals surface area (Å²) in [4.78, 5) is 4.22. The third kappa shape index (κ3) is 2.28. The number of nitriles is 1. The van der Waals surface area contributed by atoms with Gasteiger partial charge in [-0.05, 0) is 36.5 Å². The van der Waals surface area contributed by atoms with Gasteiger partial charge in [-0.1, -0.05) is 23.7 Å². The third-order valence-corrected chi connectivity index (χ3v) is 3.99. The summed E-state index contributed by atoms with van der Waals surface area (Å²) in [7, 11) is 0. The van der Waals surface area contributed by atoms with Crippen molar-refractivity contribution in [1.82, 2.24) is 14.6 Å². The fourth-order valence-electron chi connectivity index (χ4n) is 2.39. The Labute approximate surface area is 131 Å². The van der Waals surface area contributed by atoms with Crippen molar-refractivity contribution in [1.29, 1.82) is 5.26 Å². The zero-order valence-electron chi connectivity index (χ0n) is 11.5. The van der Waals surface area contributed by atoms with Crippen LogP contribution in [0.1, 0.15) is 30.0 Å². The molecule has 0 atom stereocenters. The molecule has 22 heavy (non-hydrogen) atoms. The van der Waals surface area contributed by atoms with E-state index in [9.17, 15) is 0 Å². The summed E-state index contributed by atoms with van der Waals surface area (Å²) >= 11 is 6.30. The van der Waals surface area contributed by atoms with Gasteiger partial charge in [0.2, 0.25) is 0 Å². The average Bonchev–Trinajstić information content (AvgIpc) is 3.30. The molecule has 0 unspecified atom stereocenters. The molecule has 1 aromatic carbocycles. The standard InChI is InChI=1S/C16H11ClN4O/c17-16-14(9-19-15-7-12(8-18)20-21(15)16)22-13-3-1-2-11(6-13)10-4-5-10/h1-3,6-7,9-10H,4-5H2. The fraction of sp³-hybridized carbons (Fsp3) is 0.188. The summed E-state index contributed by atoms with van der Waals surface area (Å²) in [5.74, 6) is 1.79. The highest BCUT2D eigenvalue weighted by atomic mass is 35.5. The first-order valence-electron chi connectivity index (χ1n) is 6.97. The van der Waals surface area contributed by atoms with Gasteiger partial charge >= 0.3 is 0 Å². The van der Waals surface area contributed by atoms with E-state index in [-0.39, 0.29) is 5.69 Å². The van der Waals surface area contributed by atoms with Crippen LogP contribution in [0.5, 0.6) is 11.5 Å². The molecular weight excluding hydrogens is 300 g/mol. The largest absolute Gasteiger partial charge is 0.452 e. The van der Waals surface area contributed by atoms with Crippen molar-refractivity contribution in [3.8, 4) is 17.6 Å². The topological polar surface area (TPSA) is 63.2 Å². The van der Waals surface area contributed by atoms with Crippen LogP contribution in [0.25, 0.3) is 5.65 Å². The fourth-order valence-corrected chi connectivity index (χ4v) is 2.60. The van der Waals surface area contributed by atoms with Crippen molar-refractivity contribution in [3.05, 3.63) is 52.9 Å². The van der Waals surface area contributed by atoms with Gasteiger partial charge in [-0.2, -0.15) is 14.9 Å². The molecule has 5 nitrogen and oxygen atoms in total. The number of ether oxygens (including phenoxy) is 1. The predicted molar refractivity (Wildman–Crippen MR) is 81.2 cm³/mol. The highest BCUT2D eigenvalue weighted by molar-refractivity contribution is 6.31. The van der Waals surface area contributed by atoms with Crippen molar-refractivity contribution in [3.63, 3.8) is 0 Å². The molecule has 108 valence electrons. The quantitative estimate of drug-likeness (QED) is 0.688. The van der Waals surface area contributed by atoms with Crippen LogP contribution in [-0.4, -0.2) is 14.6 Å². The normalized spacial score (nSPS) is 14.0. The van der Waals surface area contributed by atoms with E-state index in [1.165, 1.54) is 22.9 Å². The summed E-state index contributed by atoms with van der Waals surface area (Å²) < 4.78 is 7.24. The van der Waals surface area contributed by atoms with Gasteiger partial charge in [-0.25, -0.2) is 4.98 Å². The molecule has 2 aromatic heterocycles. The van der Waals surface area contributed by atoms with Gasteiger partial charge in [-0.3, -0.25) is 0 Å². The summed E-state index contributed by atoms with van der Waals surface area (Å²) in [6, 6.07) is 11.5. The van der Waals surface area contributed by atoms with Gasteiger partial charge in [0.05, 0.1) is 6.20 Å². The van der Waals surface area contributed by atoms with E-state index in [4.69, 9.17) is 21.6 Å². The van der Waals surface area contributed by atoms with Gasteiger partial charge in [0, 0.05) is 6.07 Å². The zero-order chi connectivity index (χ0) is 15.1. The molecule has 4 rings (SSSR count). The molecule has 0 radical (unpaired) electrons. The van der Waals surface area contributed by atoms with E-state index in [2.05, 4.69) is 16.1 Å². The first-order chi connectivity index (χ1) is 10.7. The van der Waals surface area contributed by atoms with Crippen LogP contribution in [0, 0.1) is 11.3 Å². The maximum absolute atomic E-state index is 8.89. The Morgan fingerprint density at radius 2 is 2.18 bits per heavy atom. The van der Waals surface area contributed by atoms with E-state index in [1.807, 2.05) is 24.3 Å². The molecule has 1 saturated carbocycles. The molecule has 1 aliphatic carbocycles. The lowest BCUT2D eigenvalue weighted by atomic mass is 10.1. The van der Waals surface area contributed by atoms with Crippen LogP contribution in [0.4, 0.5) is 0 Å². The Hall–Kier alpha value is -2.58. The average molecular weight is 311 g/mol. The zero-order valence-corrected chi connectivity index (χ0v) is 12.3. The van der Waals surface area contributed by atoms with E-state index in [1.54, 1.807) is 12.3 Å². The first kappa shape index (κ1) is 13.1. The lowest BCUT2D eigenvalue weighted by Gasteiger charge is -2.09. The van der Waals surface area contributed by atoms with Crippen LogP contribution in [0.3, 0.4) is 0 Å². The molecule has 1 fully saturated rings. The molecule has 0 aliphatic heterocycles. The Balaban J connectivity index is 1.70. The van der Waals surface area contributed by atoms with Crippen LogP contribution in [0.2, 0.25) is 5.15 Å². The highest BCUT2D eigenvalue weighted by Crippen LogP contribution is 2.41. The van der Waals surface area contributed by atoms with Crippen molar-refractivity contribution in [2.24, 2.45) is 0 Å². The number of aromatic nitrogens is 3. The molecule has 1 aliphatic rings. The Morgan fingerprint density at radius 1 is 1.32 bits per heavy atom. The molecule has 2 heterocycles. The SMILES string of the molecule is N#Cc1cc2ncc(Oc3cccc(C4CC4)c3)c(Cl)n2n1. The summed E-state index contributed by atoms with van der Waals surface area (Å²) in [5, 5.41) is 13.3. The molecular formula is C16H11ClN4O. The molecule has 6 heteroatoms. The van der Waals surface area contributed by atoms with Gasteiger partial charge in [0.15, 0.2) is 22.2 Å². The van der Waals surface area contributed by atoms with Crippen LogP contribution in [-0.2, 0) is 0 Å². The molecule has 0 N–H and O–H groups in total. The molecule has 0 spiro atoms. The van der Waals surface area contributed by atoms with Gasteiger partial charge in [-0.15, -0.1) is 0 Å². The van der Waals surface area contributed by atoms with Gasteiger partial charge < -0.3 is 4.74 Å². The Morgan fingerprint density at radius 3 is 2.95 bits per heavy atom. The number of nitrogens with zero attached hydrogens (tertiary/aromatic N) is 4. The molecule has 0 bridgehead atoms. The van der Waals surface area contributed by atoms with Crippen LogP contribution < -0.4 is 4.74 Å². The third-order valence-electron chi connectivity index (χ3n) is 3.64. The molecule has 3 aromatic rings. The Kier molecular flexibility index (Phi) is 2.98. The number of rotatable bonds is 3. The second-order valence-electron chi connectivity index (χ2n) is 5.27. The van der Waals surface area contributed by atoms with Crippen molar-refractivity contribution in [2.45, 2.75) is 18.8 Å². The second-order valence-corrected chi connectivity index (χ2v) is 5.63. The lowest BCUT2D eigenvalue weighted by Crippen LogP contribution is -1.96. The van der Waals surface area contributed by atoms with E-state index in [0.717, 1.165) is 5.75 Å².